The number of carbonyl (C=O) groups is 1. The van der Waals surface area contributed by atoms with Gasteiger partial charge in [-0.1, -0.05) is 18.2 Å². The predicted molar refractivity (Wildman–Crippen MR) is 112 cm³/mol. The lowest BCUT2D eigenvalue weighted by atomic mass is 10.0. The Morgan fingerprint density at radius 1 is 1.22 bits per heavy atom. The second kappa shape index (κ2) is 8.46. The lowest BCUT2D eigenvalue weighted by Crippen LogP contribution is -2.43. The van der Waals surface area contributed by atoms with E-state index in [4.69, 9.17) is 0 Å². The smallest absolute Gasteiger partial charge is 0.244 e. The average Bonchev–Trinajstić information content (AvgIpc) is 3.21. The van der Waals surface area contributed by atoms with E-state index >= 15 is 0 Å². The number of para-hydroxylation sites is 1. The quantitative estimate of drug-likeness (QED) is 0.681. The van der Waals surface area contributed by atoms with Gasteiger partial charge in [0.1, 0.15) is 0 Å². The Balaban J connectivity index is 1.30. The lowest BCUT2D eigenvalue weighted by Gasteiger charge is -2.31. The molecule has 1 aromatic carbocycles. The van der Waals surface area contributed by atoms with E-state index in [1.807, 2.05) is 36.4 Å². The maximum Gasteiger partial charge on any atom is 0.244 e. The number of fused-ring (bicyclic) bond motifs is 1. The molecule has 1 amide bonds. The molecular weight excluding hydrogens is 354 g/mol. The van der Waals surface area contributed by atoms with Crippen LogP contribution in [0.3, 0.4) is 0 Å². The van der Waals surface area contributed by atoms with Crippen LogP contribution in [0.1, 0.15) is 24.0 Å². The highest BCUT2D eigenvalue weighted by Crippen LogP contribution is 2.18. The fraction of sp³-hybridized carbons (Fsp3) is 0.273. The summed E-state index contributed by atoms with van der Waals surface area (Å²) in [5.41, 5.74) is 3.34. The van der Waals surface area contributed by atoms with E-state index in [1.165, 1.54) is 5.56 Å². The molecule has 0 saturated carbocycles. The molecule has 3 aromatic rings. The summed E-state index contributed by atoms with van der Waals surface area (Å²) < 4.78 is 0. The Labute approximate surface area is 163 Å². The Hall–Kier alpha value is -2.50. The van der Waals surface area contributed by atoms with Gasteiger partial charge in [-0.05, 0) is 59.0 Å². The van der Waals surface area contributed by atoms with Crippen molar-refractivity contribution in [3.63, 3.8) is 0 Å². The fourth-order valence-electron chi connectivity index (χ4n) is 3.55. The summed E-state index contributed by atoms with van der Waals surface area (Å²) in [7, 11) is 0. The number of rotatable bonds is 5. The van der Waals surface area contributed by atoms with Gasteiger partial charge in [0.15, 0.2) is 0 Å². The van der Waals surface area contributed by atoms with Crippen molar-refractivity contribution in [1.82, 2.24) is 15.2 Å². The number of thiophene rings is 1. The minimum Gasteiger partial charge on any atom is -0.350 e. The average molecular weight is 378 g/mol. The van der Waals surface area contributed by atoms with Gasteiger partial charge in [-0.15, -0.1) is 0 Å². The zero-order valence-electron chi connectivity index (χ0n) is 15.2. The SMILES string of the molecule is O=C(/C=C/c1ccnc2ccccc12)NC1CCN(Cc2ccsc2)CC1. The molecule has 1 fully saturated rings. The van der Waals surface area contributed by atoms with E-state index in [2.05, 4.69) is 32.0 Å². The molecule has 1 aliphatic heterocycles. The lowest BCUT2D eigenvalue weighted by molar-refractivity contribution is -0.117. The number of amides is 1. The zero-order valence-corrected chi connectivity index (χ0v) is 16.0. The first-order valence-electron chi connectivity index (χ1n) is 9.34. The van der Waals surface area contributed by atoms with Gasteiger partial charge >= 0.3 is 0 Å². The first-order chi connectivity index (χ1) is 13.3. The van der Waals surface area contributed by atoms with Crippen LogP contribution in [-0.2, 0) is 11.3 Å². The molecule has 1 aliphatic rings. The number of hydrogen-bond donors (Lipinski definition) is 1. The van der Waals surface area contributed by atoms with Crippen molar-refractivity contribution in [2.75, 3.05) is 13.1 Å². The molecule has 0 unspecified atom stereocenters. The van der Waals surface area contributed by atoms with Crippen LogP contribution in [-0.4, -0.2) is 34.9 Å². The summed E-state index contributed by atoms with van der Waals surface area (Å²) >= 11 is 1.75. The normalized spacial score (nSPS) is 16.1. The number of carbonyl (C=O) groups excluding carboxylic acids is 1. The van der Waals surface area contributed by atoms with Crippen molar-refractivity contribution in [2.45, 2.75) is 25.4 Å². The second-order valence-electron chi connectivity index (χ2n) is 6.94. The minimum absolute atomic E-state index is 0.0211. The molecule has 0 aliphatic carbocycles. The van der Waals surface area contributed by atoms with Gasteiger partial charge in [-0.25, -0.2) is 0 Å². The van der Waals surface area contributed by atoms with E-state index in [1.54, 1.807) is 23.6 Å². The predicted octanol–water partition coefficient (Wildman–Crippen LogP) is 4.09. The third kappa shape index (κ3) is 4.62. The number of likely N-dealkylation sites (tertiary alicyclic amines) is 1. The van der Waals surface area contributed by atoms with Crippen molar-refractivity contribution in [3.05, 3.63) is 70.6 Å². The van der Waals surface area contributed by atoms with E-state index in [9.17, 15) is 4.79 Å². The third-order valence-corrected chi connectivity index (χ3v) is 5.75. The van der Waals surface area contributed by atoms with Crippen LogP contribution in [0.2, 0.25) is 0 Å². The number of nitrogens with one attached hydrogen (secondary N) is 1. The van der Waals surface area contributed by atoms with Gasteiger partial charge in [-0.2, -0.15) is 11.3 Å². The fourth-order valence-corrected chi connectivity index (χ4v) is 4.21. The summed E-state index contributed by atoms with van der Waals surface area (Å²) in [4.78, 5) is 19.2. The van der Waals surface area contributed by atoms with Crippen molar-refractivity contribution in [3.8, 4) is 0 Å². The molecule has 0 spiro atoms. The number of hydrogen-bond acceptors (Lipinski definition) is 4. The summed E-state index contributed by atoms with van der Waals surface area (Å²) in [5, 5.41) is 8.55. The highest BCUT2D eigenvalue weighted by Gasteiger charge is 2.20. The van der Waals surface area contributed by atoms with Gasteiger partial charge in [0.2, 0.25) is 5.91 Å². The first kappa shape index (κ1) is 17.9. The van der Waals surface area contributed by atoms with Gasteiger partial charge in [-0.3, -0.25) is 14.7 Å². The number of benzene rings is 1. The second-order valence-corrected chi connectivity index (χ2v) is 7.72. The van der Waals surface area contributed by atoms with Crippen molar-refractivity contribution >= 4 is 34.2 Å². The molecule has 4 nitrogen and oxygen atoms in total. The largest absolute Gasteiger partial charge is 0.350 e. The summed E-state index contributed by atoms with van der Waals surface area (Å²) in [6.45, 7) is 3.07. The molecule has 0 radical (unpaired) electrons. The first-order valence-corrected chi connectivity index (χ1v) is 10.3. The van der Waals surface area contributed by atoms with Crippen LogP contribution in [0.25, 0.3) is 17.0 Å². The molecule has 138 valence electrons. The molecular formula is C22H23N3OS. The van der Waals surface area contributed by atoms with Crippen LogP contribution in [0.4, 0.5) is 0 Å². The number of nitrogens with zero attached hydrogens (tertiary/aromatic N) is 2. The summed E-state index contributed by atoms with van der Waals surface area (Å²) in [5.74, 6) is -0.0211. The Bertz CT molecular complexity index is 922. The minimum atomic E-state index is -0.0211. The van der Waals surface area contributed by atoms with Crippen LogP contribution >= 0.6 is 11.3 Å². The van der Waals surface area contributed by atoms with Gasteiger partial charge in [0, 0.05) is 43.3 Å². The molecule has 4 rings (SSSR count). The van der Waals surface area contributed by atoms with Crippen LogP contribution in [0, 0.1) is 0 Å². The van der Waals surface area contributed by atoms with Crippen molar-refractivity contribution in [2.24, 2.45) is 0 Å². The Morgan fingerprint density at radius 3 is 2.89 bits per heavy atom. The molecule has 27 heavy (non-hydrogen) atoms. The number of aromatic nitrogens is 1. The molecule has 3 heterocycles. The standard InChI is InChI=1S/C22H23N3OS/c26-22(6-5-18-7-11-23-21-4-2-1-3-20(18)21)24-19-8-12-25(13-9-19)15-17-10-14-27-16-17/h1-7,10-11,14,16,19H,8-9,12-13,15H2,(H,24,26)/b6-5+. The molecule has 0 atom stereocenters. The van der Waals surface area contributed by atoms with E-state index in [0.29, 0.717) is 0 Å². The summed E-state index contributed by atoms with van der Waals surface area (Å²) in [6, 6.07) is 12.4. The molecule has 1 N–H and O–H groups in total. The van der Waals surface area contributed by atoms with Gasteiger partial charge in [0.05, 0.1) is 5.52 Å². The highest BCUT2D eigenvalue weighted by molar-refractivity contribution is 7.07. The van der Waals surface area contributed by atoms with Gasteiger partial charge in [0.25, 0.3) is 0 Å². The number of piperidine rings is 1. The molecule has 1 saturated heterocycles. The maximum atomic E-state index is 12.3. The van der Waals surface area contributed by atoms with Gasteiger partial charge < -0.3 is 5.32 Å². The zero-order chi connectivity index (χ0) is 18.5. The topological polar surface area (TPSA) is 45.2 Å². The van der Waals surface area contributed by atoms with Crippen molar-refractivity contribution in [1.29, 1.82) is 0 Å². The van der Waals surface area contributed by atoms with E-state index < -0.39 is 0 Å². The molecule has 2 aromatic heterocycles. The van der Waals surface area contributed by atoms with Crippen molar-refractivity contribution < 1.29 is 4.79 Å². The third-order valence-electron chi connectivity index (χ3n) is 5.02. The maximum absolute atomic E-state index is 12.3. The summed E-state index contributed by atoms with van der Waals surface area (Å²) in [6.07, 6.45) is 7.30. The van der Waals surface area contributed by atoms with E-state index in [0.717, 1.165) is 48.9 Å². The Kier molecular flexibility index (Phi) is 5.61. The highest BCUT2D eigenvalue weighted by atomic mass is 32.1. The van der Waals surface area contributed by atoms with Crippen LogP contribution < -0.4 is 5.32 Å². The molecule has 5 heteroatoms. The van der Waals surface area contributed by atoms with E-state index in [-0.39, 0.29) is 11.9 Å². The van der Waals surface area contributed by atoms with Crippen LogP contribution in [0.5, 0.6) is 0 Å². The number of pyridine rings is 1. The van der Waals surface area contributed by atoms with Crippen LogP contribution in [0.15, 0.2) is 59.4 Å². The monoisotopic (exact) mass is 377 g/mol. The Morgan fingerprint density at radius 2 is 2.07 bits per heavy atom. The molecule has 0 bridgehead atoms.